The van der Waals surface area contributed by atoms with E-state index in [1.165, 1.54) is 17.2 Å². The Morgan fingerprint density at radius 1 is 1.00 bits per heavy atom. The molecule has 40 heavy (non-hydrogen) atoms. The highest BCUT2D eigenvalue weighted by molar-refractivity contribution is 6.31. The summed E-state index contributed by atoms with van der Waals surface area (Å²) in [5.74, 6) is 0.136. The second-order valence-electron chi connectivity index (χ2n) is 8.42. The fraction of sp³-hybridized carbons (Fsp3) is 0.364. The third kappa shape index (κ3) is 11.0. The van der Waals surface area contributed by atoms with Gasteiger partial charge in [0.05, 0.1) is 6.20 Å². The van der Waals surface area contributed by atoms with Crippen LogP contribution in [0, 0.1) is 5.82 Å². The van der Waals surface area contributed by atoms with Gasteiger partial charge in [-0.25, -0.2) is 9.37 Å². The minimum atomic E-state index is -0.407. The number of pyridine rings is 1. The second-order valence-corrected chi connectivity index (χ2v) is 8.86. The van der Waals surface area contributed by atoms with E-state index in [4.69, 9.17) is 17.3 Å². The predicted molar refractivity (Wildman–Crippen MR) is 176 cm³/mol. The molecule has 1 aliphatic rings. The first-order valence-corrected chi connectivity index (χ1v) is 14.3. The van der Waals surface area contributed by atoms with Gasteiger partial charge >= 0.3 is 0 Å². The molecule has 3 aromatic rings. The summed E-state index contributed by atoms with van der Waals surface area (Å²) in [7, 11) is 3.78. The molecule has 1 aliphatic heterocycles. The van der Waals surface area contributed by atoms with E-state index in [1.807, 2.05) is 60.5 Å². The number of nitrogens with two attached hydrogens (primary N) is 1. The summed E-state index contributed by atoms with van der Waals surface area (Å²) in [5.41, 5.74) is 13.5. The number of nitrogens with zero attached hydrogens (tertiary/aromatic N) is 2. The summed E-state index contributed by atoms with van der Waals surface area (Å²) >= 11 is 6.23. The van der Waals surface area contributed by atoms with Crippen LogP contribution in [0.4, 0.5) is 15.9 Å². The van der Waals surface area contributed by atoms with E-state index in [1.54, 1.807) is 19.1 Å². The van der Waals surface area contributed by atoms with Crippen LogP contribution in [0.2, 0.25) is 5.02 Å². The van der Waals surface area contributed by atoms with Crippen LogP contribution in [0.15, 0.2) is 61.8 Å². The van der Waals surface area contributed by atoms with Crippen molar-refractivity contribution in [3.63, 3.8) is 0 Å². The van der Waals surface area contributed by atoms with Crippen molar-refractivity contribution in [2.24, 2.45) is 0 Å². The lowest BCUT2D eigenvalue weighted by atomic mass is 10.0. The van der Waals surface area contributed by atoms with E-state index >= 15 is 0 Å². The molecule has 0 fully saturated rings. The van der Waals surface area contributed by atoms with Crippen molar-refractivity contribution in [3.05, 3.63) is 100 Å². The molecule has 2 aromatic carbocycles. The maximum Gasteiger partial charge on any atom is 0.142 e. The molecule has 0 aliphatic carbocycles. The Balaban J connectivity index is 0.000000833. The van der Waals surface area contributed by atoms with Gasteiger partial charge < -0.3 is 21.3 Å². The van der Waals surface area contributed by atoms with Crippen molar-refractivity contribution in [1.29, 1.82) is 0 Å². The highest BCUT2D eigenvalue weighted by Crippen LogP contribution is 2.30. The van der Waals surface area contributed by atoms with Crippen LogP contribution in [-0.4, -0.2) is 24.0 Å². The molecule has 0 radical (unpaired) electrons. The Morgan fingerprint density at radius 2 is 1.55 bits per heavy atom. The van der Waals surface area contributed by atoms with Gasteiger partial charge in [-0.2, -0.15) is 0 Å². The number of halogens is 2. The highest BCUT2D eigenvalue weighted by Gasteiger charge is 2.13. The molecule has 0 spiro atoms. The van der Waals surface area contributed by atoms with Crippen LogP contribution < -0.4 is 16.4 Å². The number of nitrogen functional groups attached to an aromatic ring is 1. The van der Waals surface area contributed by atoms with E-state index in [-0.39, 0.29) is 0 Å². The molecule has 7 heteroatoms. The molecular formula is C33H49ClFN5. The molecule has 220 valence electrons. The zero-order valence-corrected chi connectivity index (χ0v) is 26.6. The molecule has 0 saturated heterocycles. The normalized spacial score (nSPS) is 10.5. The fourth-order valence-corrected chi connectivity index (χ4v) is 3.86. The summed E-state index contributed by atoms with van der Waals surface area (Å²) in [5, 5.41) is 7.03. The number of anilines is 2. The molecule has 0 saturated carbocycles. The lowest BCUT2D eigenvalue weighted by Gasteiger charge is -2.20. The van der Waals surface area contributed by atoms with E-state index < -0.39 is 5.82 Å². The van der Waals surface area contributed by atoms with Gasteiger partial charge in [0.1, 0.15) is 11.6 Å². The van der Waals surface area contributed by atoms with E-state index in [9.17, 15) is 4.39 Å². The molecule has 4 N–H and O–H groups in total. The predicted octanol–water partition coefficient (Wildman–Crippen LogP) is 9.00. The van der Waals surface area contributed by atoms with Gasteiger partial charge in [-0.3, -0.25) is 0 Å². The summed E-state index contributed by atoms with van der Waals surface area (Å²) in [6, 6.07) is 13.5. The van der Waals surface area contributed by atoms with Gasteiger partial charge in [-0.05, 0) is 47.4 Å². The topological polar surface area (TPSA) is 66.2 Å². The molecule has 0 amide bonds. The number of hydrogen-bond acceptors (Lipinski definition) is 5. The van der Waals surface area contributed by atoms with Crippen molar-refractivity contribution in [2.75, 3.05) is 25.1 Å². The molecule has 5 nitrogen and oxygen atoms in total. The SMILES string of the molecule is C=C(C)c1cc(F)cnc1NCc1cc(Cl)cc(C(=C)N(C)C)c1N.CC.CC.CC.c1ccc2c(c1)CNC2. The van der Waals surface area contributed by atoms with Gasteiger partial charge in [-0.15, -0.1) is 0 Å². The standard InChI is InChI=1S/C19H22ClFN4.C8H9N.3C2H6/c1-11(2)16-8-15(21)10-24-19(16)23-9-13-6-14(20)7-17(18(13)22)12(3)25(4)5;1-2-4-8-6-9-5-7(8)3-1;3*1-2/h6-8,10H,1,3,9,22H2,2,4-5H3,(H,23,24);1-4,9H,5-6H2;3*1-2H3. The average Bonchev–Trinajstić information content (AvgIpc) is 3.46. The molecular weight excluding hydrogens is 521 g/mol. The zero-order chi connectivity index (χ0) is 30.8. The van der Waals surface area contributed by atoms with Crippen molar-refractivity contribution < 1.29 is 4.39 Å². The van der Waals surface area contributed by atoms with Gasteiger partial charge in [0.25, 0.3) is 0 Å². The van der Waals surface area contributed by atoms with Crippen LogP contribution in [0.1, 0.15) is 76.3 Å². The number of rotatable bonds is 6. The fourth-order valence-electron chi connectivity index (χ4n) is 3.62. The van der Waals surface area contributed by atoms with E-state index in [0.717, 1.165) is 41.7 Å². The first kappa shape index (κ1) is 36.6. The Hall–Kier alpha value is -3.35. The van der Waals surface area contributed by atoms with Crippen LogP contribution >= 0.6 is 11.6 Å². The number of benzene rings is 2. The van der Waals surface area contributed by atoms with Crippen molar-refractivity contribution >= 4 is 34.4 Å². The number of nitrogens with one attached hydrogen (secondary N) is 2. The van der Waals surface area contributed by atoms with Crippen LogP contribution in [0.3, 0.4) is 0 Å². The van der Waals surface area contributed by atoms with E-state index in [2.05, 4.69) is 53.0 Å². The largest absolute Gasteiger partial charge is 0.398 e. The molecule has 0 atom stereocenters. The second kappa shape index (κ2) is 19.7. The first-order valence-electron chi connectivity index (χ1n) is 13.9. The van der Waals surface area contributed by atoms with E-state index in [0.29, 0.717) is 28.6 Å². The maximum atomic E-state index is 13.4. The minimum Gasteiger partial charge on any atom is -0.398 e. The summed E-state index contributed by atoms with van der Waals surface area (Å²) in [6.45, 7) is 24.2. The Kier molecular flexibility index (Phi) is 18.0. The summed E-state index contributed by atoms with van der Waals surface area (Å²) in [6.07, 6.45) is 1.16. The molecule has 0 unspecified atom stereocenters. The lowest BCUT2D eigenvalue weighted by Crippen LogP contribution is -2.13. The summed E-state index contributed by atoms with van der Waals surface area (Å²) < 4.78 is 13.4. The quantitative estimate of drug-likeness (QED) is 0.258. The monoisotopic (exact) mass is 569 g/mol. The minimum absolute atomic E-state index is 0.388. The third-order valence-electron chi connectivity index (χ3n) is 5.59. The van der Waals surface area contributed by atoms with Crippen LogP contribution in [0.25, 0.3) is 11.3 Å². The molecule has 1 aromatic heterocycles. The molecule has 0 bridgehead atoms. The number of hydrogen-bond donors (Lipinski definition) is 3. The molecule has 4 rings (SSSR count). The van der Waals surface area contributed by atoms with Gasteiger partial charge in [0.2, 0.25) is 0 Å². The lowest BCUT2D eigenvalue weighted by molar-refractivity contribution is 0.594. The third-order valence-corrected chi connectivity index (χ3v) is 5.81. The van der Waals surface area contributed by atoms with Crippen molar-refractivity contribution in [1.82, 2.24) is 15.2 Å². The maximum absolute atomic E-state index is 13.4. The van der Waals surface area contributed by atoms with Crippen LogP contribution in [0.5, 0.6) is 0 Å². The van der Waals surface area contributed by atoms with Crippen molar-refractivity contribution in [2.45, 2.75) is 68.1 Å². The van der Waals surface area contributed by atoms with Gasteiger partial charge in [0, 0.05) is 61.3 Å². The molecule has 2 heterocycles. The smallest absolute Gasteiger partial charge is 0.142 e. The van der Waals surface area contributed by atoms with Gasteiger partial charge in [-0.1, -0.05) is 90.6 Å². The van der Waals surface area contributed by atoms with Crippen LogP contribution in [-0.2, 0) is 19.6 Å². The first-order chi connectivity index (χ1) is 19.2. The Labute approximate surface area is 247 Å². The number of aromatic nitrogens is 1. The Bertz CT molecular complexity index is 1180. The van der Waals surface area contributed by atoms with Gasteiger partial charge in [0.15, 0.2) is 0 Å². The highest BCUT2D eigenvalue weighted by atomic mass is 35.5. The number of allylic oxidation sites excluding steroid dienone is 1. The zero-order valence-electron chi connectivity index (χ0n) is 25.9. The number of fused-ring (bicyclic) bond motifs is 1. The average molecular weight is 570 g/mol. The Morgan fingerprint density at radius 3 is 2.05 bits per heavy atom. The summed E-state index contributed by atoms with van der Waals surface area (Å²) in [4.78, 5) is 5.98. The van der Waals surface area contributed by atoms with Crippen molar-refractivity contribution in [3.8, 4) is 0 Å².